The van der Waals surface area contributed by atoms with Crippen LogP contribution in [0.2, 0.25) is 0 Å². The first-order chi connectivity index (χ1) is 12.9. The number of rotatable bonds is 4. The molecule has 1 atom stereocenters. The van der Waals surface area contributed by atoms with Crippen LogP contribution >= 0.6 is 0 Å². The van der Waals surface area contributed by atoms with Gasteiger partial charge in [0.25, 0.3) is 0 Å². The van der Waals surface area contributed by atoms with E-state index < -0.39 is 0 Å². The van der Waals surface area contributed by atoms with Crippen LogP contribution < -0.4 is 5.73 Å². The maximum absolute atomic E-state index is 5.45. The first kappa shape index (κ1) is 16.1. The number of hydrogen-bond donors (Lipinski definition) is 1. The number of aromatic nitrogens is 1. The highest BCUT2D eigenvalue weighted by molar-refractivity contribution is 5.84. The summed E-state index contributed by atoms with van der Waals surface area (Å²) >= 11 is 0. The maximum atomic E-state index is 5.45. The summed E-state index contributed by atoms with van der Waals surface area (Å²) < 4.78 is 0. The van der Waals surface area contributed by atoms with E-state index in [9.17, 15) is 0 Å². The van der Waals surface area contributed by atoms with E-state index in [1.807, 2.05) is 30.5 Å². The third kappa shape index (κ3) is 2.98. The van der Waals surface area contributed by atoms with Gasteiger partial charge in [-0.25, -0.2) is 0 Å². The van der Waals surface area contributed by atoms with Gasteiger partial charge in [0, 0.05) is 17.7 Å². The van der Waals surface area contributed by atoms with Crippen molar-refractivity contribution < 1.29 is 0 Å². The van der Waals surface area contributed by atoms with Crippen molar-refractivity contribution >= 4 is 5.57 Å². The van der Waals surface area contributed by atoms with E-state index >= 15 is 0 Å². The van der Waals surface area contributed by atoms with Gasteiger partial charge in [-0.3, -0.25) is 4.98 Å². The van der Waals surface area contributed by atoms with Gasteiger partial charge in [0.15, 0.2) is 0 Å². The maximum Gasteiger partial charge on any atom is 0.0705 e. The van der Waals surface area contributed by atoms with Gasteiger partial charge in [-0.15, -0.1) is 0 Å². The van der Waals surface area contributed by atoms with E-state index in [-0.39, 0.29) is 5.92 Å². The quantitative estimate of drug-likeness (QED) is 0.656. The summed E-state index contributed by atoms with van der Waals surface area (Å²) in [6.07, 6.45) is 11.7. The average Bonchev–Trinajstić information content (AvgIpc) is 3.08. The van der Waals surface area contributed by atoms with E-state index in [1.165, 1.54) is 27.8 Å². The van der Waals surface area contributed by atoms with Gasteiger partial charge in [0.1, 0.15) is 0 Å². The number of nitrogens with two attached hydrogens (primary N) is 1. The summed E-state index contributed by atoms with van der Waals surface area (Å²) in [6.45, 7) is 0. The number of nitrogens with zero attached hydrogens (tertiary/aromatic N) is 1. The molecule has 4 rings (SSSR count). The van der Waals surface area contributed by atoms with Gasteiger partial charge in [-0.05, 0) is 46.7 Å². The Balaban J connectivity index is 1.84. The molecule has 2 aromatic carbocycles. The average molecular weight is 336 g/mol. The molecule has 0 unspecified atom stereocenters. The van der Waals surface area contributed by atoms with Crippen molar-refractivity contribution in [2.75, 3.05) is 0 Å². The van der Waals surface area contributed by atoms with Gasteiger partial charge in [0.05, 0.1) is 5.69 Å². The van der Waals surface area contributed by atoms with Crippen LogP contribution in [0.15, 0.2) is 103 Å². The van der Waals surface area contributed by atoms with Crippen LogP contribution in [0.1, 0.15) is 22.6 Å². The molecule has 0 radical (unpaired) electrons. The first-order valence-corrected chi connectivity index (χ1v) is 8.75. The Morgan fingerprint density at radius 3 is 2.19 bits per heavy atom. The van der Waals surface area contributed by atoms with Crippen LogP contribution in [0, 0.1) is 0 Å². The van der Waals surface area contributed by atoms with Gasteiger partial charge < -0.3 is 5.73 Å². The van der Waals surface area contributed by atoms with Crippen molar-refractivity contribution in [3.8, 4) is 11.3 Å². The molecule has 0 spiro atoms. The second-order valence-electron chi connectivity index (χ2n) is 6.23. The van der Waals surface area contributed by atoms with Crippen LogP contribution in [0.5, 0.6) is 0 Å². The minimum Gasteiger partial charge on any atom is -0.405 e. The second kappa shape index (κ2) is 7.24. The molecule has 0 saturated heterocycles. The zero-order valence-electron chi connectivity index (χ0n) is 14.4. The van der Waals surface area contributed by atoms with Crippen molar-refractivity contribution in [2.24, 2.45) is 5.73 Å². The minimum absolute atomic E-state index is 0.214. The smallest absolute Gasteiger partial charge is 0.0705 e. The molecule has 26 heavy (non-hydrogen) atoms. The van der Waals surface area contributed by atoms with Crippen LogP contribution in [-0.2, 0) is 0 Å². The molecular weight excluding hydrogens is 316 g/mol. The fourth-order valence-corrected chi connectivity index (χ4v) is 3.54. The number of allylic oxidation sites excluding steroid dienone is 5. The van der Waals surface area contributed by atoms with Crippen molar-refractivity contribution in [3.05, 3.63) is 120 Å². The van der Waals surface area contributed by atoms with Crippen molar-refractivity contribution in [1.82, 2.24) is 4.98 Å². The van der Waals surface area contributed by atoms with E-state index in [4.69, 9.17) is 5.73 Å². The lowest BCUT2D eigenvalue weighted by Gasteiger charge is -2.16. The highest BCUT2D eigenvalue weighted by atomic mass is 14.7. The summed E-state index contributed by atoms with van der Waals surface area (Å²) in [5.41, 5.74) is 12.7. The predicted molar refractivity (Wildman–Crippen MR) is 108 cm³/mol. The summed E-state index contributed by atoms with van der Waals surface area (Å²) in [7, 11) is 0. The summed E-state index contributed by atoms with van der Waals surface area (Å²) in [5.74, 6) is 0.214. The monoisotopic (exact) mass is 336 g/mol. The summed E-state index contributed by atoms with van der Waals surface area (Å²) in [4.78, 5) is 4.56. The SMILES string of the molecule is N/C=C\C=C/C1=C[C@@H](c2ccccc2-c2ccccn2)c2ccccc21. The summed E-state index contributed by atoms with van der Waals surface area (Å²) in [6, 6.07) is 23.2. The molecule has 0 bridgehead atoms. The highest BCUT2D eigenvalue weighted by Gasteiger charge is 2.25. The van der Waals surface area contributed by atoms with E-state index in [2.05, 4.69) is 71.7 Å². The molecule has 0 aliphatic heterocycles. The van der Waals surface area contributed by atoms with Gasteiger partial charge in [0.2, 0.25) is 0 Å². The van der Waals surface area contributed by atoms with Crippen molar-refractivity contribution in [1.29, 1.82) is 0 Å². The molecule has 2 nitrogen and oxygen atoms in total. The zero-order chi connectivity index (χ0) is 17.8. The molecule has 2 heteroatoms. The number of pyridine rings is 1. The normalized spacial score (nSPS) is 16.2. The Labute approximate surface area is 154 Å². The van der Waals surface area contributed by atoms with Crippen LogP contribution in [0.25, 0.3) is 16.8 Å². The molecule has 3 aromatic rings. The molecule has 1 heterocycles. The summed E-state index contributed by atoms with van der Waals surface area (Å²) in [5, 5.41) is 0. The Bertz CT molecular complexity index is 997. The Hall–Kier alpha value is -3.39. The van der Waals surface area contributed by atoms with Crippen LogP contribution in [-0.4, -0.2) is 4.98 Å². The Morgan fingerprint density at radius 1 is 0.769 bits per heavy atom. The van der Waals surface area contributed by atoms with Crippen LogP contribution in [0.4, 0.5) is 0 Å². The lowest BCUT2D eigenvalue weighted by atomic mass is 9.88. The number of benzene rings is 2. The third-order valence-corrected chi connectivity index (χ3v) is 4.69. The molecule has 2 N–H and O–H groups in total. The van der Waals surface area contributed by atoms with Crippen molar-refractivity contribution in [2.45, 2.75) is 5.92 Å². The van der Waals surface area contributed by atoms with Crippen LogP contribution in [0.3, 0.4) is 0 Å². The largest absolute Gasteiger partial charge is 0.405 e. The number of hydrogen-bond acceptors (Lipinski definition) is 2. The molecule has 0 fully saturated rings. The standard InChI is InChI=1S/C24H20N2/c25-15-7-5-9-18-17-23(20-11-2-1-10-19(18)20)21-12-3-4-13-22(21)24-14-6-8-16-26-24/h1-17,23H,25H2/b9-5-,15-7-/t23-/m1/s1. The fraction of sp³-hybridized carbons (Fsp3) is 0.0417. The van der Waals surface area contributed by atoms with Gasteiger partial charge >= 0.3 is 0 Å². The zero-order valence-corrected chi connectivity index (χ0v) is 14.4. The molecular formula is C24H20N2. The lowest BCUT2D eigenvalue weighted by molar-refractivity contribution is 1.05. The fourth-order valence-electron chi connectivity index (χ4n) is 3.54. The highest BCUT2D eigenvalue weighted by Crippen LogP contribution is 2.43. The lowest BCUT2D eigenvalue weighted by Crippen LogP contribution is -1.99. The Morgan fingerprint density at radius 2 is 1.46 bits per heavy atom. The molecule has 1 aliphatic rings. The molecule has 126 valence electrons. The first-order valence-electron chi connectivity index (χ1n) is 8.75. The predicted octanol–water partition coefficient (Wildman–Crippen LogP) is 5.31. The van der Waals surface area contributed by atoms with Gasteiger partial charge in [-0.2, -0.15) is 0 Å². The minimum atomic E-state index is 0.214. The second-order valence-corrected chi connectivity index (χ2v) is 6.23. The topological polar surface area (TPSA) is 38.9 Å². The third-order valence-electron chi connectivity index (χ3n) is 4.69. The molecule has 1 aromatic heterocycles. The van der Waals surface area contributed by atoms with E-state index in [0.717, 1.165) is 5.69 Å². The Kier molecular flexibility index (Phi) is 4.48. The molecule has 0 saturated carbocycles. The molecule has 1 aliphatic carbocycles. The van der Waals surface area contributed by atoms with Crippen molar-refractivity contribution in [3.63, 3.8) is 0 Å². The van der Waals surface area contributed by atoms with E-state index in [0.29, 0.717) is 0 Å². The molecule has 0 amide bonds. The van der Waals surface area contributed by atoms with Gasteiger partial charge in [-0.1, -0.05) is 72.8 Å². The number of fused-ring (bicyclic) bond motifs is 1. The van der Waals surface area contributed by atoms with E-state index in [1.54, 1.807) is 6.20 Å².